The van der Waals surface area contributed by atoms with Crippen LogP contribution in [0, 0.1) is 5.92 Å². The molecule has 92 valence electrons. The molecule has 0 aliphatic heterocycles. The highest BCUT2D eigenvalue weighted by Gasteiger charge is 2.21. The van der Waals surface area contributed by atoms with Crippen molar-refractivity contribution in [3.8, 4) is 0 Å². The van der Waals surface area contributed by atoms with E-state index < -0.39 is 5.97 Å². The molecular formula is C12H16N2O3. The Kier molecular flexibility index (Phi) is 3.49. The van der Waals surface area contributed by atoms with E-state index in [4.69, 9.17) is 20.9 Å². The number of hydrogen-bond acceptors (Lipinski definition) is 5. The summed E-state index contributed by atoms with van der Waals surface area (Å²) in [5.74, 6) is 0.161. The predicted molar refractivity (Wildman–Crippen MR) is 64.2 cm³/mol. The second kappa shape index (κ2) is 5.05. The maximum absolute atomic E-state index is 11.6. The molecule has 0 saturated heterocycles. The molecule has 17 heavy (non-hydrogen) atoms. The minimum atomic E-state index is -0.488. The fourth-order valence-corrected chi connectivity index (χ4v) is 1.44. The van der Waals surface area contributed by atoms with Gasteiger partial charge in [-0.25, -0.2) is 4.79 Å². The van der Waals surface area contributed by atoms with E-state index in [9.17, 15) is 4.79 Å². The molecule has 5 heteroatoms. The zero-order chi connectivity index (χ0) is 12.3. The normalized spacial score (nSPS) is 14.6. The first-order valence-electron chi connectivity index (χ1n) is 5.56. The first kappa shape index (κ1) is 11.7. The Balaban J connectivity index is 1.81. The van der Waals surface area contributed by atoms with Gasteiger partial charge in [0.15, 0.2) is 6.79 Å². The Labute approximate surface area is 99.7 Å². The molecule has 1 aliphatic rings. The molecule has 1 fully saturated rings. The van der Waals surface area contributed by atoms with E-state index in [2.05, 4.69) is 0 Å². The number of rotatable bonds is 5. The summed E-state index contributed by atoms with van der Waals surface area (Å²) in [7, 11) is 0. The number of carbonyl (C=O) groups excluding carboxylic acids is 1. The van der Waals surface area contributed by atoms with Crippen LogP contribution < -0.4 is 11.5 Å². The summed E-state index contributed by atoms with van der Waals surface area (Å²) in [4.78, 5) is 11.6. The van der Waals surface area contributed by atoms with Crippen molar-refractivity contribution in [1.29, 1.82) is 0 Å². The summed E-state index contributed by atoms with van der Waals surface area (Å²) in [6, 6.07) is 4.69. The van der Waals surface area contributed by atoms with Crippen LogP contribution in [0.4, 0.5) is 11.4 Å². The quantitative estimate of drug-likeness (QED) is 0.349. The van der Waals surface area contributed by atoms with Gasteiger partial charge in [0.2, 0.25) is 0 Å². The van der Waals surface area contributed by atoms with E-state index in [1.807, 2.05) is 0 Å². The second-order valence-corrected chi connectivity index (χ2v) is 4.21. The molecule has 2 rings (SSSR count). The summed E-state index contributed by atoms with van der Waals surface area (Å²) in [6.07, 6.45) is 2.41. The molecule has 5 nitrogen and oxygen atoms in total. The first-order valence-corrected chi connectivity index (χ1v) is 5.56. The second-order valence-electron chi connectivity index (χ2n) is 4.21. The van der Waals surface area contributed by atoms with Gasteiger partial charge in [-0.2, -0.15) is 0 Å². The van der Waals surface area contributed by atoms with Gasteiger partial charge >= 0.3 is 5.97 Å². The maximum Gasteiger partial charge on any atom is 0.342 e. The third-order valence-corrected chi connectivity index (χ3v) is 2.62. The molecule has 0 unspecified atom stereocenters. The van der Waals surface area contributed by atoms with E-state index in [0.717, 1.165) is 0 Å². The largest absolute Gasteiger partial charge is 0.435 e. The van der Waals surface area contributed by atoms with Crippen LogP contribution in [0.5, 0.6) is 0 Å². The van der Waals surface area contributed by atoms with Crippen LogP contribution in [0.3, 0.4) is 0 Å². The average molecular weight is 236 g/mol. The van der Waals surface area contributed by atoms with Crippen molar-refractivity contribution in [1.82, 2.24) is 0 Å². The van der Waals surface area contributed by atoms with E-state index >= 15 is 0 Å². The van der Waals surface area contributed by atoms with Gasteiger partial charge in [0, 0.05) is 11.4 Å². The number of nitrogen functional groups attached to an aromatic ring is 2. The molecule has 0 heterocycles. The van der Waals surface area contributed by atoms with E-state index in [1.54, 1.807) is 12.1 Å². The van der Waals surface area contributed by atoms with E-state index in [0.29, 0.717) is 29.5 Å². The molecule has 0 radical (unpaired) electrons. The van der Waals surface area contributed by atoms with Gasteiger partial charge in [0.25, 0.3) is 0 Å². The minimum Gasteiger partial charge on any atom is -0.435 e. The smallest absolute Gasteiger partial charge is 0.342 e. The average Bonchev–Trinajstić information content (AvgIpc) is 3.08. The van der Waals surface area contributed by atoms with Gasteiger partial charge in [0.05, 0.1) is 12.2 Å². The van der Waals surface area contributed by atoms with Crippen molar-refractivity contribution in [3.05, 3.63) is 23.8 Å². The number of carbonyl (C=O) groups is 1. The topological polar surface area (TPSA) is 87.6 Å². The Morgan fingerprint density at radius 1 is 1.35 bits per heavy atom. The number of hydrogen-bond donors (Lipinski definition) is 2. The monoisotopic (exact) mass is 236 g/mol. The van der Waals surface area contributed by atoms with Crippen LogP contribution in [-0.4, -0.2) is 19.4 Å². The van der Waals surface area contributed by atoms with E-state index in [-0.39, 0.29) is 6.79 Å². The number of benzene rings is 1. The molecule has 4 N–H and O–H groups in total. The highest BCUT2D eigenvalue weighted by molar-refractivity contribution is 5.95. The maximum atomic E-state index is 11.6. The Hall–Kier alpha value is -1.75. The molecule has 1 saturated carbocycles. The van der Waals surface area contributed by atoms with Crippen LogP contribution >= 0.6 is 0 Å². The lowest BCUT2D eigenvalue weighted by molar-refractivity contribution is -0.0344. The van der Waals surface area contributed by atoms with E-state index in [1.165, 1.54) is 18.9 Å². The third kappa shape index (κ3) is 3.35. The van der Waals surface area contributed by atoms with Crippen molar-refractivity contribution in [2.75, 3.05) is 24.9 Å². The van der Waals surface area contributed by atoms with Crippen LogP contribution in [0.15, 0.2) is 18.2 Å². The molecule has 1 aromatic carbocycles. The first-order chi connectivity index (χ1) is 8.16. The SMILES string of the molecule is Nc1ccc(C(=O)OCOCC2CC2)c(N)c1. The van der Waals surface area contributed by atoms with Crippen molar-refractivity contribution in [2.45, 2.75) is 12.8 Å². The van der Waals surface area contributed by atoms with Crippen LogP contribution in [0.25, 0.3) is 0 Å². The lowest BCUT2D eigenvalue weighted by Crippen LogP contribution is -2.12. The number of esters is 1. The van der Waals surface area contributed by atoms with Crippen molar-refractivity contribution in [3.63, 3.8) is 0 Å². The number of nitrogens with two attached hydrogens (primary N) is 2. The van der Waals surface area contributed by atoms with Gasteiger partial charge in [-0.3, -0.25) is 0 Å². The van der Waals surface area contributed by atoms with Crippen LogP contribution in [0.2, 0.25) is 0 Å². The van der Waals surface area contributed by atoms with Gasteiger partial charge < -0.3 is 20.9 Å². The Morgan fingerprint density at radius 2 is 2.12 bits per heavy atom. The fourth-order valence-electron chi connectivity index (χ4n) is 1.44. The molecule has 0 amide bonds. The highest BCUT2D eigenvalue weighted by atomic mass is 16.7. The predicted octanol–water partition coefficient (Wildman–Crippen LogP) is 1.39. The molecular weight excluding hydrogens is 220 g/mol. The van der Waals surface area contributed by atoms with Gasteiger partial charge in [-0.05, 0) is 37.0 Å². The lowest BCUT2D eigenvalue weighted by atomic mass is 10.1. The number of ether oxygens (including phenoxy) is 2. The zero-order valence-corrected chi connectivity index (χ0v) is 9.52. The summed E-state index contributed by atoms with van der Waals surface area (Å²) < 4.78 is 10.1. The van der Waals surface area contributed by atoms with Gasteiger partial charge in [0.1, 0.15) is 0 Å². The molecule has 0 aromatic heterocycles. The van der Waals surface area contributed by atoms with Crippen molar-refractivity contribution in [2.24, 2.45) is 5.92 Å². The molecule has 0 atom stereocenters. The van der Waals surface area contributed by atoms with Crippen LogP contribution in [0.1, 0.15) is 23.2 Å². The number of anilines is 2. The van der Waals surface area contributed by atoms with Crippen LogP contribution in [-0.2, 0) is 9.47 Å². The third-order valence-electron chi connectivity index (χ3n) is 2.62. The molecule has 0 bridgehead atoms. The Bertz CT molecular complexity index is 416. The molecule has 0 spiro atoms. The summed E-state index contributed by atoms with van der Waals surface area (Å²) in [5.41, 5.74) is 12.3. The summed E-state index contributed by atoms with van der Waals surface area (Å²) in [5, 5.41) is 0. The summed E-state index contributed by atoms with van der Waals surface area (Å²) in [6.45, 7) is 0.629. The highest BCUT2D eigenvalue weighted by Crippen LogP contribution is 2.28. The van der Waals surface area contributed by atoms with Gasteiger partial charge in [-0.1, -0.05) is 0 Å². The van der Waals surface area contributed by atoms with Crippen molar-refractivity contribution >= 4 is 17.3 Å². The fraction of sp³-hybridized carbons (Fsp3) is 0.417. The summed E-state index contributed by atoms with van der Waals surface area (Å²) >= 11 is 0. The Morgan fingerprint density at radius 3 is 2.76 bits per heavy atom. The molecule has 1 aromatic rings. The van der Waals surface area contributed by atoms with Gasteiger partial charge in [-0.15, -0.1) is 0 Å². The van der Waals surface area contributed by atoms with Crippen molar-refractivity contribution < 1.29 is 14.3 Å². The molecule has 1 aliphatic carbocycles. The minimum absolute atomic E-state index is 0.0286. The lowest BCUT2D eigenvalue weighted by Gasteiger charge is -2.07. The standard InChI is InChI=1S/C12H16N2O3/c13-9-3-4-10(11(14)5-9)12(15)17-7-16-6-8-1-2-8/h3-5,8H,1-2,6-7,13-14H2. The zero-order valence-electron chi connectivity index (χ0n) is 9.52.